The molecule has 0 spiro atoms. The van der Waals surface area contributed by atoms with Crippen molar-refractivity contribution in [1.82, 2.24) is 4.98 Å². The third-order valence-corrected chi connectivity index (χ3v) is 4.29. The van der Waals surface area contributed by atoms with E-state index in [1.54, 1.807) is 11.3 Å². The Morgan fingerprint density at radius 3 is 2.81 bits per heavy atom. The smallest absolute Gasteiger partial charge is 0.0991 e. The van der Waals surface area contributed by atoms with Gasteiger partial charge in [0, 0.05) is 17.4 Å². The fraction of sp³-hybridized carbons (Fsp3) is 0.111. The van der Waals surface area contributed by atoms with Crippen molar-refractivity contribution in [3.8, 4) is 17.3 Å². The van der Waals surface area contributed by atoms with Crippen molar-refractivity contribution >= 4 is 11.3 Å². The van der Waals surface area contributed by atoms with Crippen molar-refractivity contribution in [2.75, 3.05) is 0 Å². The number of rotatable bonds is 3. The summed E-state index contributed by atoms with van der Waals surface area (Å²) in [5.74, 6) is 0. The Morgan fingerprint density at radius 1 is 1.14 bits per heavy atom. The lowest BCUT2D eigenvalue weighted by molar-refractivity contribution is 1.12. The highest BCUT2D eigenvalue weighted by atomic mass is 32.1. The van der Waals surface area contributed by atoms with Gasteiger partial charge >= 0.3 is 0 Å². The van der Waals surface area contributed by atoms with Crippen LogP contribution in [0.3, 0.4) is 0 Å². The zero-order valence-electron chi connectivity index (χ0n) is 11.7. The highest BCUT2D eigenvalue weighted by Gasteiger charge is 2.07. The second kappa shape index (κ2) is 5.90. The van der Waals surface area contributed by atoms with E-state index >= 15 is 0 Å². The molecule has 1 aromatic heterocycles. The molecule has 102 valence electrons. The van der Waals surface area contributed by atoms with Gasteiger partial charge in [0.1, 0.15) is 0 Å². The Labute approximate surface area is 128 Å². The van der Waals surface area contributed by atoms with Gasteiger partial charge in [-0.05, 0) is 30.2 Å². The molecule has 3 rings (SSSR count). The minimum atomic E-state index is 0.668. The maximum absolute atomic E-state index is 8.97. The van der Waals surface area contributed by atoms with Crippen LogP contribution in [0.25, 0.3) is 11.3 Å². The minimum Gasteiger partial charge on any atom is -0.241 e. The summed E-state index contributed by atoms with van der Waals surface area (Å²) < 4.78 is 0. The van der Waals surface area contributed by atoms with Crippen LogP contribution >= 0.6 is 11.3 Å². The highest BCUT2D eigenvalue weighted by molar-refractivity contribution is 7.10. The van der Waals surface area contributed by atoms with Gasteiger partial charge in [0.05, 0.1) is 22.3 Å². The molecule has 0 fully saturated rings. The van der Waals surface area contributed by atoms with Gasteiger partial charge in [-0.3, -0.25) is 0 Å². The second-order valence-electron chi connectivity index (χ2n) is 4.92. The summed E-state index contributed by atoms with van der Waals surface area (Å²) in [5.41, 5.74) is 5.22. The molecule has 21 heavy (non-hydrogen) atoms. The molecule has 2 aromatic carbocycles. The first-order valence-corrected chi connectivity index (χ1v) is 7.63. The average Bonchev–Trinajstić information content (AvgIpc) is 2.98. The van der Waals surface area contributed by atoms with Gasteiger partial charge in [0.25, 0.3) is 0 Å². The van der Waals surface area contributed by atoms with Crippen LogP contribution in [-0.2, 0) is 6.42 Å². The summed E-state index contributed by atoms with van der Waals surface area (Å²) in [4.78, 5) is 4.70. The van der Waals surface area contributed by atoms with Crippen molar-refractivity contribution < 1.29 is 0 Å². The lowest BCUT2D eigenvalue weighted by Gasteiger charge is -2.02. The van der Waals surface area contributed by atoms with Gasteiger partial charge < -0.3 is 0 Å². The van der Waals surface area contributed by atoms with Gasteiger partial charge in [0.15, 0.2) is 0 Å². The standard InChI is InChI=1S/C18H14N2S/c1-13-5-2-3-7-15(13)10-18-20-17(12-21-18)16-8-4-6-14(9-16)11-19/h2-9,12H,10H2,1H3. The molecule has 2 nitrogen and oxygen atoms in total. The van der Waals surface area contributed by atoms with Crippen molar-refractivity contribution in [3.05, 3.63) is 75.6 Å². The molecule has 1 heterocycles. The molecular formula is C18H14N2S. The van der Waals surface area contributed by atoms with E-state index in [0.717, 1.165) is 22.7 Å². The van der Waals surface area contributed by atoms with E-state index in [4.69, 9.17) is 10.2 Å². The summed E-state index contributed by atoms with van der Waals surface area (Å²) >= 11 is 1.67. The number of hydrogen-bond donors (Lipinski definition) is 0. The van der Waals surface area contributed by atoms with E-state index in [-0.39, 0.29) is 0 Å². The van der Waals surface area contributed by atoms with Crippen LogP contribution in [0.5, 0.6) is 0 Å². The number of nitriles is 1. The first-order chi connectivity index (χ1) is 10.3. The van der Waals surface area contributed by atoms with E-state index in [2.05, 4.69) is 42.6 Å². The fourth-order valence-corrected chi connectivity index (χ4v) is 3.07. The molecule has 3 aromatic rings. The molecule has 0 saturated heterocycles. The normalized spacial score (nSPS) is 10.3. The molecule has 0 bridgehead atoms. The maximum Gasteiger partial charge on any atom is 0.0991 e. The van der Waals surface area contributed by atoms with E-state index in [9.17, 15) is 0 Å². The van der Waals surface area contributed by atoms with Gasteiger partial charge in [-0.2, -0.15) is 5.26 Å². The summed E-state index contributed by atoms with van der Waals surface area (Å²) in [5, 5.41) is 12.1. The zero-order valence-corrected chi connectivity index (χ0v) is 12.5. The summed E-state index contributed by atoms with van der Waals surface area (Å²) in [6.45, 7) is 2.13. The van der Waals surface area contributed by atoms with Crippen molar-refractivity contribution in [1.29, 1.82) is 5.26 Å². The van der Waals surface area contributed by atoms with Crippen molar-refractivity contribution in [2.45, 2.75) is 13.3 Å². The Kier molecular flexibility index (Phi) is 3.81. The zero-order chi connectivity index (χ0) is 14.7. The molecule has 0 aliphatic rings. The fourth-order valence-electron chi connectivity index (χ4n) is 2.24. The number of benzene rings is 2. The number of aromatic nitrogens is 1. The van der Waals surface area contributed by atoms with Gasteiger partial charge in [-0.1, -0.05) is 36.4 Å². The number of hydrogen-bond acceptors (Lipinski definition) is 3. The Hall–Kier alpha value is -2.44. The summed E-state index contributed by atoms with van der Waals surface area (Å²) in [7, 11) is 0. The van der Waals surface area contributed by atoms with Crippen LogP contribution < -0.4 is 0 Å². The molecule has 0 aliphatic heterocycles. The molecule has 0 amide bonds. The SMILES string of the molecule is Cc1ccccc1Cc1nc(-c2cccc(C#N)c2)cs1. The lowest BCUT2D eigenvalue weighted by atomic mass is 10.1. The van der Waals surface area contributed by atoms with E-state index < -0.39 is 0 Å². The maximum atomic E-state index is 8.97. The molecule has 0 saturated carbocycles. The van der Waals surface area contributed by atoms with E-state index in [1.807, 2.05) is 24.3 Å². The monoisotopic (exact) mass is 290 g/mol. The van der Waals surface area contributed by atoms with Gasteiger partial charge in [0.2, 0.25) is 0 Å². The van der Waals surface area contributed by atoms with E-state index in [1.165, 1.54) is 11.1 Å². The molecule has 0 aliphatic carbocycles. The second-order valence-corrected chi connectivity index (χ2v) is 5.87. The highest BCUT2D eigenvalue weighted by Crippen LogP contribution is 2.24. The molecule has 3 heteroatoms. The summed E-state index contributed by atoms with van der Waals surface area (Å²) in [6, 6.07) is 18.1. The molecular weight excluding hydrogens is 276 g/mol. The van der Waals surface area contributed by atoms with Crippen molar-refractivity contribution in [3.63, 3.8) is 0 Å². The van der Waals surface area contributed by atoms with Gasteiger partial charge in [-0.15, -0.1) is 11.3 Å². The first kappa shape index (κ1) is 13.5. The van der Waals surface area contributed by atoms with E-state index in [0.29, 0.717) is 5.56 Å². The quantitative estimate of drug-likeness (QED) is 0.708. The van der Waals surface area contributed by atoms with Crippen LogP contribution in [0, 0.1) is 18.3 Å². The molecule has 0 radical (unpaired) electrons. The van der Waals surface area contributed by atoms with Gasteiger partial charge in [-0.25, -0.2) is 4.98 Å². The molecule has 0 atom stereocenters. The Morgan fingerprint density at radius 2 is 2.00 bits per heavy atom. The first-order valence-electron chi connectivity index (χ1n) is 6.76. The number of aryl methyl sites for hydroxylation is 1. The van der Waals surface area contributed by atoms with Crippen LogP contribution in [0.1, 0.15) is 21.7 Å². The Balaban J connectivity index is 1.87. The third-order valence-electron chi connectivity index (χ3n) is 3.44. The predicted molar refractivity (Wildman–Crippen MR) is 86.3 cm³/mol. The Bertz CT molecular complexity index is 812. The summed E-state index contributed by atoms with van der Waals surface area (Å²) in [6.07, 6.45) is 0.856. The van der Waals surface area contributed by atoms with Crippen LogP contribution in [0.2, 0.25) is 0 Å². The van der Waals surface area contributed by atoms with Crippen molar-refractivity contribution in [2.24, 2.45) is 0 Å². The molecule has 0 N–H and O–H groups in total. The van der Waals surface area contributed by atoms with Crippen LogP contribution in [0.15, 0.2) is 53.9 Å². The lowest BCUT2D eigenvalue weighted by Crippen LogP contribution is -1.91. The largest absolute Gasteiger partial charge is 0.241 e. The number of nitrogens with zero attached hydrogens (tertiary/aromatic N) is 2. The number of thiazole rings is 1. The van der Waals surface area contributed by atoms with Crippen LogP contribution in [-0.4, -0.2) is 4.98 Å². The molecule has 0 unspecified atom stereocenters. The predicted octanol–water partition coefficient (Wildman–Crippen LogP) is 4.58. The van der Waals surface area contributed by atoms with Crippen LogP contribution in [0.4, 0.5) is 0 Å². The topological polar surface area (TPSA) is 36.7 Å². The third kappa shape index (κ3) is 3.01. The minimum absolute atomic E-state index is 0.668. The average molecular weight is 290 g/mol.